The lowest BCUT2D eigenvalue weighted by Crippen LogP contribution is -2.22. The fourth-order valence-corrected chi connectivity index (χ4v) is 4.57. The fraction of sp³-hybridized carbons (Fsp3) is 0.240. The molecular formula is C25H25N3O2S2. The van der Waals surface area contributed by atoms with Crippen molar-refractivity contribution < 1.29 is 9.53 Å². The SMILES string of the molecule is CCCCOc1ccc(-c2nn(-c3ccccc3)cc2C=C2SC(=S)N(C)C2=O)cc1C. The number of hydrogen-bond acceptors (Lipinski definition) is 5. The van der Waals surface area contributed by atoms with Gasteiger partial charge in [-0.05, 0) is 55.3 Å². The number of hydrogen-bond donors (Lipinski definition) is 0. The molecule has 0 atom stereocenters. The smallest absolute Gasteiger partial charge is 0.265 e. The van der Waals surface area contributed by atoms with Crippen LogP contribution < -0.4 is 4.74 Å². The summed E-state index contributed by atoms with van der Waals surface area (Å²) in [6, 6.07) is 16.0. The van der Waals surface area contributed by atoms with Gasteiger partial charge in [0.1, 0.15) is 15.8 Å². The largest absolute Gasteiger partial charge is 0.493 e. The van der Waals surface area contributed by atoms with Crippen molar-refractivity contribution in [2.75, 3.05) is 13.7 Å². The highest BCUT2D eigenvalue weighted by Crippen LogP contribution is 2.35. The van der Waals surface area contributed by atoms with E-state index < -0.39 is 0 Å². The molecule has 7 heteroatoms. The quantitative estimate of drug-likeness (QED) is 0.250. The van der Waals surface area contributed by atoms with Crippen LogP contribution in [0.2, 0.25) is 0 Å². The molecule has 1 aliphatic rings. The molecule has 0 radical (unpaired) electrons. The number of carbonyl (C=O) groups excluding carboxylic acids is 1. The van der Waals surface area contributed by atoms with E-state index in [0.717, 1.165) is 46.7 Å². The first-order valence-corrected chi connectivity index (χ1v) is 11.8. The average Bonchev–Trinajstić information content (AvgIpc) is 3.32. The fourth-order valence-electron chi connectivity index (χ4n) is 3.40. The standard InChI is InChI=1S/C25H25N3O2S2/c1-4-5-13-30-21-12-11-18(14-17(21)2)23-19(15-22-24(29)27(3)25(31)32-22)16-28(26-23)20-9-7-6-8-10-20/h6-12,14-16H,4-5,13H2,1-3H3. The van der Waals surface area contributed by atoms with E-state index in [4.69, 9.17) is 22.1 Å². The molecule has 0 N–H and O–H groups in total. The van der Waals surface area contributed by atoms with Crippen LogP contribution in [-0.2, 0) is 4.79 Å². The van der Waals surface area contributed by atoms with E-state index in [-0.39, 0.29) is 5.91 Å². The predicted molar refractivity (Wildman–Crippen MR) is 135 cm³/mol. The van der Waals surface area contributed by atoms with Gasteiger partial charge in [0.15, 0.2) is 0 Å². The van der Waals surface area contributed by atoms with Gasteiger partial charge in [-0.3, -0.25) is 9.69 Å². The third-order valence-corrected chi connectivity index (χ3v) is 6.72. The number of amides is 1. The number of ether oxygens (including phenoxy) is 1. The molecule has 32 heavy (non-hydrogen) atoms. The van der Waals surface area contributed by atoms with Gasteiger partial charge in [0, 0.05) is 24.4 Å². The maximum Gasteiger partial charge on any atom is 0.265 e. The van der Waals surface area contributed by atoms with E-state index in [1.807, 2.05) is 66.3 Å². The average molecular weight is 464 g/mol. The summed E-state index contributed by atoms with van der Waals surface area (Å²) >= 11 is 6.60. The summed E-state index contributed by atoms with van der Waals surface area (Å²) in [4.78, 5) is 14.7. The van der Waals surface area contributed by atoms with Gasteiger partial charge < -0.3 is 4.74 Å². The Labute approximate surface area is 198 Å². The summed E-state index contributed by atoms with van der Waals surface area (Å²) in [7, 11) is 1.70. The first-order valence-electron chi connectivity index (χ1n) is 10.6. The van der Waals surface area contributed by atoms with Crippen LogP contribution in [0.25, 0.3) is 23.0 Å². The predicted octanol–water partition coefficient (Wildman–Crippen LogP) is 5.86. The Hall–Kier alpha value is -2.90. The van der Waals surface area contributed by atoms with E-state index in [1.54, 1.807) is 7.05 Å². The molecule has 2 heterocycles. The Balaban J connectivity index is 1.75. The van der Waals surface area contributed by atoms with Gasteiger partial charge in [0.25, 0.3) is 5.91 Å². The number of aromatic nitrogens is 2. The van der Waals surface area contributed by atoms with E-state index in [1.165, 1.54) is 16.7 Å². The van der Waals surface area contributed by atoms with Gasteiger partial charge in [-0.1, -0.05) is 55.5 Å². The molecule has 0 bridgehead atoms. The lowest BCUT2D eigenvalue weighted by Gasteiger charge is -2.10. The number of benzene rings is 2. The second-order valence-corrected chi connectivity index (χ2v) is 9.31. The van der Waals surface area contributed by atoms with Crippen molar-refractivity contribution in [3.05, 3.63) is 70.8 Å². The molecule has 5 nitrogen and oxygen atoms in total. The third kappa shape index (κ3) is 4.64. The third-order valence-electron chi connectivity index (χ3n) is 5.24. The highest BCUT2D eigenvalue weighted by molar-refractivity contribution is 8.26. The summed E-state index contributed by atoms with van der Waals surface area (Å²) in [6.07, 6.45) is 5.96. The van der Waals surface area contributed by atoms with E-state index in [9.17, 15) is 4.79 Å². The van der Waals surface area contributed by atoms with Crippen LogP contribution in [0.3, 0.4) is 0 Å². The Morgan fingerprint density at radius 3 is 2.62 bits per heavy atom. The minimum Gasteiger partial charge on any atom is -0.493 e. The Bertz CT molecular complexity index is 1190. The lowest BCUT2D eigenvalue weighted by atomic mass is 10.0. The van der Waals surface area contributed by atoms with Gasteiger partial charge in [0.2, 0.25) is 0 Å². The minimum atomic E-state index is -0.0886. The number of thioether (sulfide) groups is 1. The molecule has 0 saturated carbocycles. The Morgan fingerprint density at radius 1 is 1.19 bits per heavy atom. The molecule has 0 aliphatic carbocycles. The zero-order chi connectivity index (χ0) is 22.7. The first kappa shape index (κ1) is 22.3. The molecule has 2 aromatic carbocycles. The van der Waals surface area contributed by atoms with Crippen molar-refractivity contribution in [1.82, 2.24) is 14.7 Å². The van der Waals surface area contributed by atoms with Crippen molar-refractivity contribution >= 4 is 40.3 Å². The van der Waals surface area contributed by atoms with Gasteiger partial charge in [-0.15, -0.1) is 0 Å². The number of rotatable bonds is 7. The van der Waals surface area contributed by atoms with Crippen LogP contribution >= 0.6 is 24.0 Å². The van der Waals surface area contributed by atoms with Gasteiger partial charge in [-0.25, -0.2) is 4.68 Å². The monoisotopic (exact) mass is 463 g/mol. The Morgan fingerprint density at radius 2 is 1.97 bits per heavy atom. The van der Waals surface area contributed by atoms with Crippen molar-refractivity contribution in [2.24, 2.45) is 0 Å². The van der Waals surface area contributed by atoms with Crippen LogP contribution in [0.5, 0.6) is 5.75 Å². The minimum absolute atomic E-state index is 0.0886. The van der Waals surface area contributed by atoms with Crippen molar-refractivity contribution in [2.45, 2.75) is 26.7 Å². The van der Waals surface area contributed by atoms with Crippen LogP contribution in [0.4, 0.5) is 0 Å². The van der Waals surface area contributed by atoms with E-state index in [2.05, 4.69) is 13.0 Å². The summed E-state index contributed by atoms with van der Waals surface area (Å²) in [6.45, 7) is 4.90. The molecule has 0 spiro atoms. The molecule has 0 unspecified atom stereocenters. The zero-order valence-corrected chi connectivity index (χ0v) is 20.0. The van der Waals surface area contributed by atoms with E-state index >= 15 is 0 Å². The molecule has 1 aromatic heterocycles. The number of thiocarbonyl (C=S) groups is 1. The zero-order valence-electron chi connectivity index (χ0n) is 18.4. The number of aryl methyl sites for hydroxylation is 1. The highest BCUT2D eigenvalue weighted by Gasteiger charge is 2.29. The lowest BCUT2D eigenvalue weighted by molar-refractivity contribution is -0.121. The second kappa shape index (κ2) is 9.71. The van der Waals surface area contributed by atoms with Crippen LogP contribution in [0.1, 0.15) is 30.9 Å². The summed E-state index contributed by atoms with van der Waals surface area (Å²) in [5, 5.41) is 4.87. The number of unbranched alkanes of at least 4 members (excludes halogenated alkanes) is 1. The van der Waals surface area contributed by atoms with Crippen molar-refractivity contribution in [1.29, 1.82) is 0 Å². The molecule has 1 amide bonds. The van der Waals surface area contributed by atoms with Gasteiger partial charge in [-0.2, -0.15) is 5.10 Å². The van der Waals surface area contributed by atoms with Crippen LogP contribution in [0.15, 0.2) is 59.6 Å². The van der Waals surface area contributed by atoms with Crippen molar-refractivity contribution in [3.8, 4) is 22.7 Å². The van der Waals surface area contributed by atoms with Crippen LogP contribution in [0, 0.1) is 6.92 Å². The van der Waals surface area contributed by atoms with Gasteiger partial charge >= 0.3 is 0 Å². The maximum absolute atomic E-state index is 12.6. The topological polar surface area (TPSA) is 47.4 Å². The maximum atomic E-state index is 12.6. The molecule has 4 rings (SSSR count). The van der Waals surface area contributed by atoms with Crippen molar-refractivity contribution in [3.63, 3.8) is 0 Å². The number of nitrogens with zero attached hydrogens (tertiary/aromatic N) is 3. The highest BCUT2D eigenvalue weighted by atomic mass is 32.2. The molecule has 1 fully saturated rings. The Kier molecular flexibility index (Phi) is 6.77. The number of likely N-dealkylation sites (N-methyl/N-ethyl adjacent to an activating group) is 1. The molecule has 1 aliphatic heterocycles. The second-order valence-electron chi connectivity index (χ2n) is 7.64. The van der Waals surface area contributed by atoms with E-state index in [0.29, 0.717) is 15.8 Å². The number of para-hydroxylation sites is 1. The molecule has 1 saturated heterocycles. The molecular weight excluding hydrogens is 438 g/mol. The molecule has 3 aromatic rings. The molecule has 164 valence electrons. The summed E-state index contributed by atoms with van der Waals surface area (Å²) in [5.41, 5.74) is 4.64. The summed E-state index contributed by atoms with van der Waals surface area (Å²) < 4.78 is 8.31. The van der Waals surface area contributed by atoms with Gasteiger partial charge in [0.05, 0.1) is 17.2 Å². The normalized spacial score (nSPS) is 15.1. The summed E-state index contributed by atoms with van der Waals surface area (Å²) in [5.74, 6) is 0.798. The number of carbonyl (C=O) groups is 1. The van der Waals surface area contributed by atoms with Crippen LogP contribution in [-0.4, -0.2) is 38.6 Å². The first-order chi connectivity index (χ1) is 15.5.